The lowest BCUT2D eigenvalue weighted by Crippen LogP contribution is -2.20. The standard InChI is InChI=1S/C27H15NO2/c29-15-28-26-6-5-18-9-21-12-22-10-19-7-16-3-1-2-4-17(16)8-20(19)11-23(22)13-24(21)14-25(18)27(26)30/h1-14,26H. The van der Waals surface area contributed by atoms with Crippen LogP contribution < -0.4 is 0 Å². The number of benzene rings is 5. The van der Waals surface area contributed by atoms with E-state index in [0.29, 0.717) is 5.56 Å². The number of Topliss-reactive ketones (excluding diaryl/α,β-unsaturated/α-hetero) is 1. The molecule has 0 radical (unpaired) electrons. The first-order valence-electron chi connectivity index (χ1n) is 9.83. The van der Waals surface area contributed by atoms with Gasteiger partial charge in [0.25, 0.3) is 0 Å². The van der Waals surface area contributed by atoms with Crippen LogP contribution in [-0.4, -0.2) is 17.9 Å². The van der Waals surface area contributed by atoms with Gasteiger partial charge in [0.15, 0.2) is 5.78 Å². The van der Waals surface area contributed by atoms with Crippen molar-refractivity contribution < 1.29 is 9.59 Å². The molecule has 0 aliphatic heterocycles. The molecule has 0 saturated heterocycles. The number of fused-ring (bicyclic) bond motifs is 5. The maximum atomic E-state index is 12.7. The normalized spacial score (nSPS) is 15.6. The van der Waals surface area contributed by atoms with Crippen LogP contribution in [0.4, 0.5) is 0 Å². The zero-order valence-corrected chi connectivity index (χ0v) is 15.9. The van der Waals surface area contributed by atoms with E-state index in [1.54, 1.807) is 6.08 Å². The molecule has 140 valence electrons. The number of rotatable bonds is 1. The van der Waals surface area contributed by atoms with Crippen molar-refractivity contribution in [2.45, 2.75) is 6.04 Å². The van der Waals surface area contributed by atoms with E-state index >= 15 is 0 Å². The van der Waals surface area contributed by atoms with Crippen LogP contribution in [-0.2, 0) is 4.79 Å². The Kier molecular flexibility index (Phi) is 3.49. The van der Waals surface area contributed by atoms with Gasteiger partial charge in [0.1, 0.15) is 6.04 Å². The van der Waals surface area contributed by atoms with Crippen LogP contribution in [0, 0.1) is 0 Å². The number of nitrogens with zero attached hydrogens (tertiary/aromatic N) is 1. The van der Waals surface area contributed by atoms with Gasteiger partial charge in [0, 0.05) is 5.56 Å². The van der Waals surface area contributed by atoms with E-state index in [-0.39, 0.29) is 5.78 Å². The first-order chi connectivity index (χ1) is 14.7. The van der Waals surface area contributed by atoms with Gasteiger partial charge in [-0.3, -0.25) is 4.79 Å². The molecule has 3 nitrogen and oxygen atoms in total. The summed E-state index contributed by atoms with van der Waals surface area (Å²) in [5, 5.41) is 9.23. The molecule has 0 bridgehead atoms. The highest BCUT2D eigenvalue weighted by atomic mass is 16.1. The highest BCUT2D eigenvalue weighted by Gasteiger charge is 2.23. The number of ketones is 1. The molecular weight excluding hydrogens is 370 g/mol. The minimum absolute atomic E-state index is 0.164. The first-order valence-corrected chi connectivity index (χ1v) is 9.83. The summed E-state index contributed by atoms with van der Waals surface area (Å²) in [6.07, 6.45) is 5.01. The van der Waals surface area contributed by atoms with E-state index in [1.807, 2.05) is 18.2 Å². The third-order valence-electron chi connectivity index (χ3n) is 5.97. The summed E-state index contributed by atoms with van der Waals surface area (Å²) in [7, 11) is 0. The summed E-state index contributed by atoms with van der Waals surface area (Å²) in [5.41, 5.74) is 1.45. The predicted octanol–water partition coefficient (Wildman–Crippen LogP) is 6.21. The third-order valence-corrected chi connectivity index (χ3v) is 5.97. The SMILES string of the molecule is O=C=NC1C=Cc2cc3cc4cc5cc6ccccc6cc5cc4cc3cc2C1=O. The van der Waals surface area contributed by atoms with Crippen molar-refractivity contribution in [2.24, 2.45) is 4.99 Å². The van der Waals surface area contributed by atoms with Crippen LogP contribution in [0.5, 0.6) is 0 Å². The summed E-state index contributed by atoms with van der Waals surface area (Å²) in [4.78, 5) is 26.9. The Morgan fingerprint density at radius 2 is 1.17 bits per heavy atom. The van der Waals surface area contributed by atoms with Gasteiger partial charge in [0.05, 0.1) is 0 Å². The molecule has 1 aliphatic rings. The molecule has 3 heteroatoms. The Bertz CT molecular complexity index is 1620. The molecule has 0 N–H and O–H groups in total. The molecule has 6 rings (SSSR count). The van der Waals surface area contributed by atoms with E-state index in [0.717, 1.165) is 21.7 Å². The number of hydrogen-bond acceptors (Lipinski definition) is 3. The van der Waals surface area contributed by atoms with Crippen LogP contribution >= 0.6 is 0 Å². The monoisotopic (exact) mass is 385 g/mol. The maximum Gasteiger partial charge on any atom is 0.236 e. The highest BCUT2D eigenvalue weighted by Crippen LogP contribution is 2.32. The maximum absolute atomic E-state index is 12.7. The fourth-order valence-corrected chi connectivity index (χ4v) is 4.46. The van der Waals surface area contributed by atoms with E-state index in [1.165, 1.54) is 33.0 Å². The quantitative estimate of drug-likeness (QED) is 0.196. The van der Waals surface area contributed by atoms with Crippen molar-refractivity contribution in [3.8, 4) is 0 Å². The van der Waals surface area contributed by atoms with E-state index in [9.17, 15) is 9.59 Å². The largest absolute Gasteiger partial charge is 0.291 e. The molecule has 0 spiro atoms. The average Bonchev–Trinajstić information content (AvgIpc) is 2.76. The van der Waals surface area contributed by atoms with Crippen molar-refractivity contribution in [3.05, 3.63) is 90.0 Å². The Labute approximate surface area is 172 Å². The molecule has 5 aromatic rings. The second-order valence-electron chi connectivity index (χ2n) is 7.77. The van der Waals surface area contributed by atoms with Gasteiger partial charge in [-0.05, 0) is 97.2 Å². The lowest BCUT2D eigenvalue weighted by molar-refractivity contribution is 0.0977. The lowest BCUT2D eigenvalue weighted by Gasteiger charge is -2.15. The predicted molar refractivity (Wildman–Crippen MR) is 122 cm³/mol. The van der Waals surface area contributed by atoms with Crippen molar-refractivity contribution in [2.75, 3.05) is 0 Å². The van der Waals surface area contributed by atoms with Crippen molar-refractivity contribution in [3.63, 3.8) is 0 Å². The van der Waals surface area contributed by atoms with Crippen molar-refractivity contribution >= 4 is 61.0 Å². The fraction of sp³-hybridized carbons (Fsp3) is 0.0370. The van der Waals surface area contributed by atoms with E-state index < -0.39 is 6.04 Å². The summed E-state index contributed by atoms with van der Waals surface area (Å²) in [6, 6.07) is 24.7. The second kappa shape index (κ2) is 6.21. The number of carbonyl (C=O) groups is 1. The van der Waals surface area contributed by atoms with Gasteiger partial charge < -0.3 is 0 Å². The van der Waals surface area contributed by atoms with Gasteiger partial charge in [-0.2, -0.15) is 4.99 Å². The molecule has 1 atom stereocenters. The number of aliphatic imine (C=N–C) groups is 1. The van der Waals surface area contributed by atoms with Crippen LogP contribution in [0.25, 0.3) is 49.2 Å². The summed E-state index contributed by atoms with van der Waals surface area (Å²) in [6.45, 7) is 0. The number of hydrogen-bond donors (Lipinski definition) is 0. The second-order valence-corrected chi connectivity index (χ2v) is 7.77. The molecule has 0 fully saturated rings. The topological polar surface area (TPSA) is 46.5 Å². The van der Waals surface area contributed by atoms with Gasteiger partial charge >= 0.3 is 0 Å². The summed E-state index contributed by atoms with van der Waals surface area (Å²) < 4.78 is 0. The minimum atomic E-state index is -0.773. The molecule has 0 aromatic heterocycles. The Hall–Kier alpha value is -4.07. The molecule has 1 unspecified atom stereocenters. The molecule has 0 amide bonds. The fourth-order valence-electron chi connectivity index (χ4n) is 4.46. The van der Waals surface area contributed by atoms with Crippen molar-refractivity contribution in [1.82, 2.24) is 0 Å². The van der Waals surface area contributed by atoms with Crippen LogP contribution in [0.1, 0.15) is 15.9 Å². The first kappa shape index (κ1) is 16.8. The smallest absolute Gasteiger partial charge is 0.236 e. The number of isocyanates is 1. The Morgan fingerprint density at radius 1 is 0.667 bits per heavy atom. The van der Waals surface area contributed by atoms with E-state index in [4.69, 9.17) is 0 Å². The molecular formula is C27H15NO2. The minimum Gasteiger partial charge on any atom is -0.291 e. The highest BCUT2D eigenvalue weighted by molar-refractivity contribution is 6.12. The van der Waals surface area contributed by atoms with Gasteiger partial charge in [-0.15, -0.1) is 0 Å². The molecule has 0 heterocycles. The molecule has 30 heavy (non-hydrogen) atoms. The lowest BCUT2D eigenvalue weighted by atomic mass is 9.89. The van der Waals surface area contributed by atoms with Gasteiger partial charge in [-0.1, -0.05) is 36.4 Å². The van der Waals surface area contributed by atoms with Crippen molar-refractivity contribution in [1.29, 1.82) is 0 Å². The zero-order chi connectivity index (χ0) is 20.2. The van der Waals surface area contributed by atoms with Crippen LogP contribution in [0.15, 0.2) is 83.9 Å². The molecule has 5 aromatic carbocycles. The Balaban J connectivity index is 1.60. The zero-order valence-electron chi connectivity index (χ0n) is 15.9. The molecule has 0 saturated carbocycles. The summed E-state index contributed by atoms with van der Waals surface area (Å²) >= 11 is 0. The van der Waals surface area contributed by atoms with Gasteiger partial charge in [0.2, 0.25) is 6.08 Å². The van der Waals surface area contributed by atoms with Crippen LogP contribution in [0.2, 0.25) is 0 Å². The third kappa shape index (κ3) is 2.50. The average molecular weight is 385 g/mol. The van der Waals surface area contributed by atoms with Gasteiger partial charge in [-0.25, -0.2) is 4.79 Å². The number of carbonyl (C=O) groups excluding carboxylic acids is 2. The van der Waals surface area contributed by atoms with Crippen LogP contribution in [0.3, 0.4) is 0 Å². The molecule has 1 aliphatic carbocycles. The van der Waals surface area contributed by atoms with E-state index in [2.05, 4.69) is 65.7 Å². The Morgan fingerprint density at radius 3 is 1.73 bits per heavy atom. The summed E-state index contributed by atoms with van der Waals surface area (Å²) in [5.74, 6) is -0.164.